The van der Waals surface area contributed by atoms with Crippen LogP contribution in [0.25, 0.3) is 21.9 Å². The van der Waals surface area contributed by atoms with E-state index in [1.807, 2.05) is 42.5 Å². The van der Waals surface area contributed by atoms with Gasteiger partial charge in [-0.15, -0.1) is 0 Å². The summed E-state index contributed by atoms with van der Waals surface area (Å²) in [6.45, 7) is 2.90. The van der Waals surface area contributed by atoms with Gasteiger partial charge in [-0.1, -0.05) is 42.5 Å². The molecule has 0 aliphatic rings. The molecule has 0 aromatic heterocycles. The Morgan fingerprint density at radius 2 is 1.29 bits per heavy atom. The van der Waals surface area contributed by atoms with Gasteiger partial charge in [-0.2, -0.15) is 0 Å². The molecule has 3 aromatic carbocycles. The van der Waals surface area contributed by atoms with Crippen molar-refractivity contribution in [3.63, 3.8) is 0 Å². The third kappa shape index (κ3) is 5.22. The zero-order chi connectivity index (χ0) is 24.8. The molecule has 0 heterocycles. The molecular formula is C28H28O6. The Morgan fingerprint density at radius 1 is 0.706 bits per heavy atom. The quantitative estimate of drug-likeness (QED) is 0.325. The van der Waals surface area contributed by atoms with Crippen molar-refractivity contribution in [2.45, 2.75) is 39.5 Å². The predicted molar refractivity (Wildman–Crippen MR) is 130 cm³/mol. The third-order valence-corrected chi connectivity index (χ3v) is 5.94. The highest BCUT2D eigenvalue weighted by atomic mass is 16.5. The van der Waals surface area contributed by atoms with Crippen LogP contribution >= 0.6 is 0 Å². The van der Waals surface area contributed by atoms with Crippen molar-refractivity contribution in [3.05, 3.63) is 70.8 Å². The molecule has 0 bridgehead atoms. The van der Waals surface area contributed by atoms with Crippen molar-refractivity contribution < 1.29 is 28.7 Å². The van der Waals surface area contributed by atoms with Crippen molar-refractivity contribution in [2.75, 3.05) is 14.2 Å². The number of hydrogen-bond acceptors (Lipinski definition) is 6. The molecule has 0 unspecified atom stereocenters. The van der Waals surface area contributed by atoms with Gasteiger partial charge in [0.15, 0.2) is 11.6 Å². The SMILES string of the molecule is COC(=O)CCc1ccccc1-c1c(C(C)=O)c(C(C)=O)cc2c(CCC(=O)OC)cccc12. The maximum atomic E-state index is 12.9. The highest BCUT2D eigenvalue weighted by Gasteiger charge is 2.23. The molecule has 34 heavy (non-hydrogen) atoms. The van der Waals surface area contributed by atoms with Gasteiger partial charge in [0.1, 0.15) is 0 Å². The first-order valence-electron chi connectivity index (χ1n) is 11.1. The van der Waals surface area contributed by atoms with E-state index < -0.39 is 0 Å². The van der Waals surface area contributed by atoms with Crippen LogP contribution in [-0.4, -0.2) is 37.7 Å². The third-order valence-electron chi connectivity index (χ3n) is 5.94. The summed E-state index contributed by atoms with van der Waals surface area (Å²) in [6.07, 6.45) is 1.25. The highest BCUT2D eigenvalue weighted by molar-refractivity contribution is 6.18. The van der Waals surface area contributed by atoms with Crippen molar-refractivity contribution in [1.29, 1.82) is 0 Å². The molecule has 6 heteroatoms. The Morgan fingerprint density at radius 3 is 1.88 bits per heavy atom. The summed E-state index contributed by atoms with van der Waals surface area (Å²) < 4.78 is 9.58. The Bertz CT molecular complexity index is 1270. The number of esters is 2. The largest absolute Gasteiger partial charge is 0.469 e. The lowest BCUT2D eigenvalue weighted by atomic mass is 9.83. The number of carbonyl (C=O) groups excluding carboxylic acids is 4. The summed E-state index contributed by atoms with van der Waals surface area (Å²) in [5.41, 5.74) is 3.90. The Hall–Kier alpha value is -3.80. The van der Waals surface area contributed by atoms with Crippen molar-refractivity contribution in [3.8, 4) is 11.1 Å². The van der Waals surface area contributed by atoms with Crippen molar-refractivity contribution in [2.24, 2.45) is 0 Å². The average molecular weight is 461 g/mol. The van der Waals surface area contributed by atoms with Gasteiger partial charge in [0, 0.05) is 29.5 Å². The van der Waals surface area contributed by atoms with Crippen LogP contribution in [0.1, 0.15) is 58.5 Å². The van der Waals surface area contributed by atoms with Gasteiger partial charge in [0.2, 0.25) is 0 Å². The molecule has 0 saturated carbocycles. The molecule has 0 spiro atoms. The fourth-order valence-corrected chi connectivity index (χ4v) is 4.29. The van der Waals surface area contributed by atoms with Crippen molar-refractivity contribution >= 4 is 34.3 Å². The number of methoxy groups -OCH3 is 2. The van der Waals surface area contributed by atoms with E-state index in [4.69, 9.17) is 9.47 Å². The zero-order valence-corrected chi connectivity index (χ0v) is 19.9. The normalized spacial score (nSPS) is 10.7. The minimum absolute atomic E-state index is 0.192. The molecule has 6 nitrogen and oxygen atoms in total. The maximum absolute atomic E-state index is 12.9. The molecule has 0 N–H and O–H groups in total. The molecule has 0 atom stereocenters. The average Bonchev–Trinajstić information content (AvgIpc) is 2.84. The molecule has 0 radical (unpaired) electrons. The van der Waals surface area contributed by atoms with Gasteiger partial charge in [-0.05, 0) is 60.2 Å². The Balaban J connectivity index is 2.34. The number of Topliss-reactive ketones (excluding diaryl/α,β-unsaturated/α-hetero) is 2. The van der Waals surface area contributed by atoms with Gasteiger partial charge in [0.25, 0.3) is 0 Å². The van der Waals surface area contributed by atoms with Crippen LogP contribution in [0.2, 0.25) is 0 Å². The van der Waals surface area contributed by atoms with E-state index in [9.17, 15) is 19.2 Å². The number of fused-ring (bicyclic) bond motifs is 1. The lowest BCUT2D eigenvalue weighted by molar-refractivity contribution is -0.141. The number of carbonyl (C=O) groups is 4. The van der Waals surface area contributed by atoms with E-state index in [-0.39, 0.29) is 36.3 Å². The zero-order valence-electron chi connectivity index (χ0n) is 19.9. The van der Waals surface area contributed by atoms with Crippen molar-refractivity contribution in [1.82, 2.24) is 0 Å². The van der Waals surface area contributed by atoms with Gasteiger partial charge in [-0.3, -0.25) is 19.2 Å². The topological polar surface area (TPSA) is 86.7 Å². The minimum Gasteiger partial charge on any atom is -0.469 e. The van der Waals surface area contributed by atoms with Crippen LogP contribution in [0.4, 0.5) is 0 Å². The maximum Gasteiger partial charge on any atom is 0.305 e. The van der Waals surface area contributed by atoms with E-state index in [0.717, 1.165) is 27.5 Å². The number of ketones is 2. The smallest absolute Gasteiger partial charge is 0.305 e. The van der Waals surface area contributed by atoms with E-state index >= 15 is 0 Å². The van der Waals surface area contributed by atoms with E-state index in [1.165, 1.54) is 28.1 Å². The monoisotopic (exact) mass is 460 g/mol. The number of ether oxygens (including phenoxy) is 2. The summed E-state index contributed by atoms with van der Waals surface area (Å²) in [7, 11) is 2.70. The second-order valence-corrected chi connectivity index (χ2v) is 8.11. The lowest BCUT2D eigenvalue weighted by Gasteiger charge is -2.19. The number of benzene rings is 3. The van der Waals surface area contributed by atoms with Gasteiger partial charge in [0.05, 0.1) is 14.2 Å². The lowest BCUT2D eigenvalue weighted by Crippen LogP contribution is -2.10. The van der Waals surface area contributed by atoms with Crippen LogP contribution in [0.5, 0.6) is 0 Å². The van der Waals surface area contributed by atoms with Gasteiger partial charge in [-0.25, -0.2) is 0 Å². The molecule has 0 fully saturated rings. The first-order valence-corrected chi connectivity index (χ1v) is 11.1. The molecular weight excluding hydrogens is 432 g/mol. The van der Waals surface area contributed by atoms with Crippen LogP contribution in [-0.2, 0) is 31.9 Å². The molecule has 3 rings (SSSR count). The van der Waals surface area contributed by atoms with Crippen LogP contribution < -0.4 is 0 Å². The number of rotatable bonds is 9. The minimum atomic E-state index is -0.325. The molecule has 0 saturated heterocycles. The molecule has 0 aliphatic heterocycles. The Labute approximate surface area is 198 Å². The summed E-state index contributed by atoms with van der Waals surface area (Å²) in [5.74, 6) is -1.08. The van der Waals surface area contributed by atoms with E-state index in [1.54, 1.807) is 6.07 Å². The summed E-state index contributed by atoms with van der Waals surface area (Å²) in [6, 6.07) is 15.0. The molecule has 3 aromatic rings. The predicted octanol–water partition coefficient (Wildman–Crippen LogP) is 5.12. The standard InChI is InChI=1S/C28H28O6/c1-17(29)23-16-24-20(13-15-26(32)34-4)9-7-11-22(24)28(27(23)18(2)30)21-10-6-5-8-19(21)12-14-25(31)33-3/h5-11,16H,12-15H2,1-4H3. The van der Waals surface area contributed by atoms with Crippen LogP contribution in [0.3, 0.4) is 0 Å². The summed E-state index contributed by atoms with van der Waals surface area (Å²) in [4.78, 5) is 49.1. The van der Waals surface area contributed by atoms with Crippen LogP contribution in [0.15, 0.2) is 48.5 Å². The fraction of sp³-hybridized carbons (Fsp3) is 0.286. The highest BCUT2D eigenvalue weighted by Crippen LogP contribution is 2.39. The molecule has 0 amide bonds. The molecule has 176 valence electrons. The summed E-state index contributed by atoms with van der Waals surface area (Å²) >= 11 is 0. The van der Waals surface area contributed by atoms with Gasteiger partial charge < -0.3 is 9.47 Å². The Kier molecular flexibility index (Phi) is 7.95. The first kappa shape index (κ1) is 24.8. The second kappa shape index (κ2) is 10.9. The number of aryl methyl sites for hydroxylation is 2. The fourth-order valence-electron chi connectivity index (χ4n) is 4.29. The van der Waals surface area contributed by atoms with E-state index in [0.29, 0.717) is 29.5 Å². The van der Waals surface area contributed by atoms with E-state index in [2.05, 4.69) is 0 Å². The summed E-state index contributed by atoms with van der Waals surface area (Å²) in [5, 5.41) is 1.61. The van der Waals surface area contributed by atoms with Gasteiger partial charge >= 0.3 is 11.9 Å². The molecule has 0 aliphatic carbocycles. The number of hydrogen-bond donors (Lipinski definition) is 0. The second-order valence-electron chi connectivity index (χ2n) is 8.11. The first-order chi connectivity index (χ1) is 16.3. The van der Waals surface area contributed by atoms with Crippen LogP contribution in [0, 0.1) is 0 Å².